The summed E-state index contributed by atoms with van der Waals surface area (Å²) in [4.78, 5) is 4.90. The first kappa shape index (κ1) is 39.9. The molecule has 0 saturated heterocycles. The topological polar surface area (TPSA) is 35.9 Å². The fourth-order valence-electron chi connectivity index (χ4n) is 8.26. The van der Waals surface area contributed by atoms with Gasteiger partial charge >= 0.3 is 0 Å². The van der Waals surface area contributed by atoms with Gasteiger partial charge in [-0.15, -0.1) is 0 Å². The van der Waals surface area contributed by atoms with E-state index in [0.717, 1.165) is 69.1 Å². The number of hydrogen-bond donors (Lipinski definition) is 0. The third-order valence-electron chi connectivity index (χ3n) is 11.1. The van der Waals surface area contributed by atoms with Gasteiger partial charge in [0, 0.05) is 29.2 Å². The molecule has 0 unspecified atom stereocenters. The number of nitrogens with zero attached hydrogens (tertiary/aromatic N) is 4. The van der Waals surface area contributed by atoms with Crippen LogP contribution in [0.25, 0.3) is 50.1 Å². The molecule has 0 saturated carbocycles. The lowest BCUT2D eigenvalue weighted by Gasteiger charge is -2.22. The zero-order valence-corrected chi connectivity index (χ0v) is 36.5. The van der Waals surface area contributed by atoms with Crippen molar-refractivity contribution in [3.05, 3.63) is 162 Å². The third kappa shape index (κ3) is 8.48. The van der Waals surface area contributed by atoms with Gasteiger partial charge in [0.15, 0.2) is 0 Å². The summed E-state index contributed by atoms with van der Waals surface area (Å²) >= 11 is 0. The van der Waals surface area contributed by atoms with Crippen molar-refractivity contribution in [2.75, 3.05) is 0 Å². The van der Waals surface area contributed by atoms with E-state index in [1.54, 1.807) is 0 Å². The predicted octanol–water partition coefficient (Wildman–Crippen LogP) is 13.5. The maximum Gasteiger partial charge on any atom is 0.269 e. The number of pyridine rings is 1. The van der Waals surface area contributed by atoms with E-state index in [1.165, 1.54) is 27.8 Å². The number of hydrogen-bond acceptors (Lipinski definition) is 2. The molecule has 3 aromatic heterocycles. The Balaban J connectivity index is 1.26. The SMILES string of the molecule is CC(C)Cc1cc(CC(C)C)cc(-[n+]2[c-]n(-c3cc(Oc4ccc5c6ccccc6n(-c6cc(C(C)(C)C)ccn6)c5c4)cc(-c4ccccc4)c3)cc2C(C)(C)C)c1. The molecule has 0 bridgehead atoms. The minimum absolute atomic E-state index is 0.00917. The molecule has 0 N–H and O–H groups in total. The molecular formula is C54H58N4O. The molecule has 0 atom stereocenters. The molecule has 8 aromatic rings. The summed E-state index contributed by atoms with van der Waals surface area (Å²) in [7, 11) is 0. The van der Waals surface area contributed by atoms with Gasteiger partial charge in [-0.25, -0.2) is 4.98 Å². The molecule has 0 aliphatic rings. The Morgan fingerprint density at radius 1 is 0.627 bits per heavy atom. The Kier molecular flexibility index (Phi) is 10.6. The van der Waals surface area contributed by atoms with Gasteiger partial charge in [-0.1, -0.05) is 135 Å². The molecule has 0 fully saturated rings. The van der Waals surface area contributed by atoms with Crippen LogP contribution in [0.5, 0.6) is 11.5 Å². The quantitative estimate of drug-likeness (QED) is 0.102. The van der Waals surface area contributed by atoms with Crippen molar-refractivity contribution >= 4 is 21.8 Å². The third-order valence-corrected chi connectivity index (χ3v) is 11.1. The van der Waals surface area contributed by atoms with Gasteiger partial charge in [-0.05, 0) is 113 Å². The monoisotopic (exact) mass is 778 g/mol. The van der Waals surface area contributed by atoms with Gasteiger partial charge in [0.1, 0.15) is 17.3 Å². The molecule has 300 valence electrons. The zero-order valence-electron chi connectivity index (χ0n) is 36.5. The van der Waals surface area contributed by atoms with Crippen molar-refractivity contribution < 1.29 is 9.30 Å². The average molecular weight is 779 g/mol. The van der Waals surface area contributed by atoms with Crippen molar-refractivity contribution in [2.24, 2.45) is 11.8 Å². The standard InChI is InChI=1S/C54H58N4O/c1-36(2)24-38-26-39(25-37(3)4)28-44(27-38)57-35-56(34-51(57)54(8,9)10)43-29-41(40-16-12-11-13-17-40)30-46(32-43)59-45-20-21-48-47-18-14-15-19-49(47)58(50(48)33-45)52-31-42(22-23-55-52)53(5,6)7/h11-23,26-34,36-37H,24-25H2,1-10H3. The summed E-state index contributed by atoms with van der Waals surface area (Å²) in [5.74, 6) is 3.53. The highest BCUT2D eigenvalue weighted by Gasteiger charge is 2.24. The average Bonchev–Trinajstić information content (AvgIpc) is 3.78. The number of ether oxygens (including phenoxy) is 1. The first-order valence-electron chi connectivity index (χ1n) is 21.2. The van der Waals surface area contributed by atoms with Gasteiger partial charge in [0.2, 0.25) is 0 Å². The highest BCUT2D eigenvalue weighted by Crippen LogP contribution is 2.37. The molecule has 3 heterocycles. The number of imidazole rings is 1. The summed E-state index contributed by atoms with van der Waals surface area (Å²) in [5, 5.41) is 2.34. The number of fused-ring (bicyclic) bond motifs is 3. The van der Waals surface area contributed by atoms with Crippen molar-refractivity contribution in [2.45, 2.75) is 92.9 Å². The molecule has 5 nitrogen and oxygen atoms in total. The first-order chi connectivity index (χ1) is 28.1. The fraction of sp³-hybridized carbons (Fsp3) is 0.296. The lowest BCUT2D eigenvalue weighted by Crippen LogP contribution is -2.39. The van der Waals surface area contributed by atoms with Gasteiger partial charge in [0.05, 0.1) is 28.1 Å². The minimum atomic E-state index is -0.139. The fourth-order valence-corrected chi connectivity index (χ4v) is 8.26. The van der Waals surface area contributed by atoms with Crippen LogP contribution < -0.4 is 9.30 Å². The molecular weight excluding hydrogens is 721 g/mol. The lowest BCUT2D eigenvalue weighted by atomic mass is 9.88. The predicted molar refractivity (Wildman–Crippen MR) is 245 cm³/mol. The number of rotatable bonds is 10. The molecule has 8 rings (SSSR count). The van der Waals surface area contributed by atoms with Gasteiger partial charge in [0.25, 0.3) is 6.33 Å². The van der Waals surface area contributed by atoms with Crippen LogP contribution in [-0.2, 0) is 23.7 Å². The Morgan fingerprint density at radius 3 is 1.98 bits per heavy atom. The molecule has 0 spiro atoms. The summed E-state index contributed by atoms with van der Waals surface area (Å²) in [6.07, 6.45) is 10.0. The largest absolute Gasteiger partial charge is 0.458 e. The second kappa shape index (κ2) is 15.7. The zero-order chi connectivity index (χ0) is 41.6. The van der Waals surface area contributed by atoms with E-state index in [2.05, 4.69) is 217 Å². The second-order valence-electron chi connectivity index (χ2n) is 19.1. The van der Waals surface area contributed by atoms with Crippen molar-refractivity contribution in [3.8, 4) is 39.8 Å². The Labute approximate surface area is 351 Å². The first-order valence-corrected chi connectivity index (χ1v) is 21.2. The maximum absolute atomic E-state index is 6.90. The molecule has 0 aliphatic carbocycles. The Bertz CT molecular complexity index is 2740. The minimum Gasteiger partial charge on any atom is -0.458 e. The van der Waals surface area contributed by atoms with Crippen LogP contribution >= 0.6 is 0 Å². The second-order valence-corrected chi connectivity index (χ2v) is 19.1. The molecule has 0 amide bonds. The van der Waals surface area contributed by atoms with Crippen LogP contribution in [0.3, 0.4) is 0 Å². The van der Waals surface area contributed by atoms with Crippen LogP contribution in [0, 0.1) is 18.2 Å². The molecule has 5 aromatic carbocycles. The molecule has 0 radical (unpaired) electrons. The van der Waals surface area contributed by atoms with E-state index in [0.29, 0.717) is 11.8 Å². The number of benzene rings is 5. The van der Waals surface area contributed by atoms with Gasteiger partial charge < -0.3 is 4.74 Å². The van der Waals surface area contributed by atoms with Crippen LogP contribution in [0.15, 0.2) is 134 Å². The highest BCUT2D eigenvalue weighted by atomic mass is 16.5. The van der Waals surface area contributed by atoms with E-state index >= 15 is 0 Å². The summed E-state index contributed by atoms with van der Waals surface area (Å²) in [5.41, 5.74) is 11.5. The summed E-state index contributed by atoms with van der Waals surface area (Å²) in [6.45, 7) is 22.8. The van der Waals surface area contributed by atoms with Crippen LogP contribution in [0.1, 0.15) is 91.6 Å². The van der Waals surface area contributed by atoms with Gasteiger partial charge in [-0.2, -0.15) is 0 Å². The van der Waals surface area contributed by atoms with Crippen molar-refractivity contribution in [1.82, 2.24) is 14.1 Å². The van der Waals surface area contributed by atoms with Crippen LogP contribution in [0.2, 0.25) is 0 Å². The van der Waals surface area contributed by atoms with Crippen LogP contribution in [-0.4, -0.2) is 14.1 Å². The number of para-hydroxylation sites is 1. The summed E-state index contributed by atoms with van der Waals surface area (Å²) < 4.78 is 13.6. The van der Waals surface area contributed by atoms with Crippen LogP contribution in [0.4, 0.5) is 0 Å². The van der Waals surface area contributed by atoms with Gasteiger partial charge in [-0.3, -0.25) is 13.7 Å². The Morgan fingerprint density at radius 2 is 1.31 bits per heavy atom. The molecule has 59 heavy (non-hydrogen) atoms. The smallest absolute Gasteiger partial charge is 0.269 e. The van der Waals surface area contributed by atoms with Crippen molar-refractivity contribution in [3.63, 3.8) is 0 Å². The van der Waals surface area contributed by atoms with E-state index in [9.17, 15) is 0 Å². The molecule has 0 aliphatic heterocycles. The number of aromatic nitrogens is 4. The van der Waals surface area contributed by atoms with E-state index < -0.39 is 0 Å². The van der Waals surface area contributed by atoms with E-state index in [4.69, 9.17) is 9.72 Å². The maximum atomic E-state index is 6.90. The lowest BCUT2D eigenvalue weighted by molar-refractivity contribution is -0.611. The molecule has 5 heteroatoms. The summed E-state index contributed by atoms with van der Waals surface area (Å²) in [6, 6.07) is 43.5. The van der Waals surface area contributed by atoms with E-state index in [1.807, 2.05) is 6.20 Å². The van der Waals surface area contributed by atoms with E-state index in [-0.39, 0.29) is 10.8 Å². The normalized spacial score (nSPS) is 12.3. The Hall–Kier alpha value is -5.94. The highest BCUT2D eigenvalue weighted by molar-refractivity contribution is 6.09. The van der Waals surface area contributed by atoms with Crippen molar-refractivity contribution in [1.29, 1.82) is 0 Å².